The third-order valence-electron chi connectivity index (χ3n) is 3.80. The Kier molecular flexibility index (Phi) is 4.63. The quantitative estimate of drug-likeness (QED) is 0.506. The molecule has 1 aromatic rings. The minimum atomic E-state index is -1.29. The highest BCUT2D eigenvalue weighted by Crippen LogP contribution is 2.25. The van der Waals surface area contributed by atoms with Crippen LogP contribution in [0.2, 0.25) is 0 Å². The maximum atomic E-state index is 14.3. The first-order valence-electron chi connectivity index (χ1n) is 7.91. The van der Waals surface area contributed by atoms with Gasteiger partial charge in [-0.3, -0.25) is 0 Å². The second-order valence-electron chi connectivity index (χ2n) is 6.15. The Balaban J connectivity index is 1.72. The average Bonchev–Trinajstić information content (AvgIpc) is 2.54. The van der Waals surface area contributed by atoms with E-state index in [0.29, 0.717) is 37.7 Å². The first-order chi connectivity index (χ1) is 11.9. The van der Waals surface area contributed by atoms with Crippen LogP contribution in [0.1, 0.15) is 13.8 Å². The van der Waals surface area contributed by atoms with Crippen LogP contribution < -0.4 is 10.2 Å². The molecule has 0 amide bonds. The topological polar surface area (TPSA) is 77.1 Å². The van der Waals surface area contributed by atoms with Gasteiger partial charge in [-0.2, -0.15) is 0 Å². The van der Waals surface area contributed by atoms with Crippen molar-refractivity contribution in [3.63, 3.8) is 0 Å². The predicted molar refractivity (Wildman–Crippen MR) is 87.4 cm³/mol. The number of rotatable bonds is 3. The molecule has 2 aliphatic rings. The van der Waals surface area contributed by atoms with Gasteiger partial charge in [0, 0.05) is 38.8 Å². The van der Waals surface area contributed by atoms with E-state index in [9.17, 15) is 14.0 Å². The van der Waals surface area contributed by atoms with Gasteiger partial charge in [0.2, 0.25) is 0 Å². The smallest absolute Gasteiger partial charge is 0.350 e. The van der Waals surface area contributed by atoms with Crippen LogP contribution in [-0.4, -0.2) is 44.0 Å². The summed E-state index contributed by atoms with van der Waals surface area (Å²) in [5, 5.41) is 2.73. The fraction of sp³-hybridized carbons (Fsp3) is 0.412. The van der Waals surface area contributed by atoms with Gasteiger partial charge < -0.3 is 24.4 Å². The molecule has 8 heteroatoms. The molecule has 0 aliphatic carbocycles. The van der Waals surface area contributed by atoms with E-state index in [1.54, 1.807) is 12.1 Å². The van der Waals surface area contributed by atoms with Gasteiger partial charge in [0.15, 0.2) is 5.57 Å². The lowest BCUT2D eigenvalue weighted by Gasteiger charge is -2.30. The largest absolute Gasteiger partial charge is 0.419 e. The molecule has 0 radical (unpaired) electrons. The fourth-order valence-electron chi connectivity index (χ4n) is 2.59. The van der Waals surface area contributed by atoms with Crippen molar-refractivity contribution >= 4 is 23.3 Å². The highest BCUT2D eigenvalue weighted by molar-refractivity contribution is 6.15. The molecule has 0 spiro atoms. The number of hydrogen-bond acceptors (Lipinski definition) is 7. The van der Waals surface area contributed by atoms with Crippen LogP contribution in [0.25, 0.3) is 0 Å². The Bertz CT molecular complexity index is 704. The van der Waals surface area contributed by atoms with E-state index in [-0.39, 0.29) is 5.57 Å². The maximum Gasteiger partial charge on any atom is 0.350 e. The number of carbonyl (C=O) groups is 2. The van der Waals surface area contributed by atoms with Crippen LogP contribution in [0.15, 0.2) is 30.0 Å². The average molecular weight is 350 g/mol. The summed E-state index contributed by atoms with van der Waals surface area (Å²) >= 11 is 0. The van der Waals surface area contributed by atoms with E-state index in [1.165, 1.54) is 19.9 Å². The first kappa shape index (κ1) is 17.2. The van der Waals surface area contributed by atoms with Crippen molar-refractivity contribution < 1.29 is 28.2 Å². The van der Waals surface area contributed by atoms with Crippen molar-refractivity contribution in [1.29, 1.82) is 0 Å². The molecule has 1 N–H and O–H groups in total. The lowest BCUT2D eigenvalue weighted by Crippen LogP contribution is -2.42. The number of cyclic esters (lactones) is 2. The third kappa shape index (κ3) is 3.90. The van der Waals surface area contributed by atoms with Gasteiger partial charge in [-0.05, 0) is 18.2 Å². The Labute approximate surface area is 144 Å². The lowest BCUT2D eigenvalue weighted by molar-refractivity contribution is -0.222. The summed E-state index contributed by atoms with van der Waals surface area (Å²) in [6.07, 6.45) is 1.16. The summed E-state index contributed by atoms with van der Waals surface area (Å²) in [7, 11) is 0. The monoisotopic (exact) mass is 350 g/mol. The van der Waals surface area contributed by atoms with Crippen LogP contribution >= 0.6 is 0 Å². The van der Waals surface area contributed by atoms with Gasteiger partial charge in [0.25, 0.3) is 5.79 Å². The van der Waals surface area contributed by atoms with Crippen molar-refractivity contribution in [2.45, 2.75) is 19.6 Å². The van der Waals surface area contributed by atoms with Crippen molar-refractivity contribution in [1.82, 2.24) is 0 Å². The van der Waals surface area contributed by atoms with Gasteiger partial charge in [0.05, 0.1) is 18.9 Å². The zero-order valence-corrected chi connectivity index (χ0v) is 14.0. The highest BCUT2D eigenvalue weighted by atomic mass is 19.1. The third-order valence-corrected chi connectivity index (χ3v) is 3.80. The minimum absolute atomic E-state index is 0.281. The van der Waals surface area contributed by atoms with Gasteiger partial charge in [-0.15, -0.1) is 0 Å². The summed E-state index contributed by atoms with van der Waals surface area (Å²) in [6.45, 7) is 5.31. The van der Waals surface area contributed by atoms with Crippen molar-refractivity contribution in [2.24, 2.45) is 0 Å². The molecule has 0 atom stereocenters. The van der Waals surface area contributed by atoms with Gasteiger partial charge >= 0.3 is 11.9 Å². The summed E-state index contributed by atoms with van der Waals surface area (Å²) in [5.41, 5.74) is 0.601. The van der Waals surface area contributed by atoms with Crippen molar-refractivity contribution in [2.75, 3.05) is 36.5 Å². The molecule has 2 saturated heterocycles. The molecule has 0 aromatic heterocycles. The standard InChI is InChI=1S/C17H19FN2O5/c1-17(2)24-15(21)12(16(22)25-17)10-19-11-3-4-14(13(18)9-11)20-5-7-23-8-6-20/h3-4,9-10,19H,5-8H2,1-2H3. The number of morpholine rings is 1. The number of benzene rings is 1. The highest BCUT2D eigenvalue weighted by Gasteiger charge is 2.38. The Morgan fingerprint density at radius 1 is 1.16 bits per heavy atom. The molecular weight excluding hydrogens is 331 g/mol. The normalized spacial score (nSPS) is 20.0. The SMILES string of the molecule is CC1(C)OC(=O)C(=CNc2ccc(N3CCOCC3)c(F)c2)C(=O)O1. The Hall–Kier alpha value is -2.61. The zero-order chi connectivity index (χ0) is 18.0. The molecule has 2 heterocycles. The second-order valence-corrected chi connectivity index (χ2v) is 6.15. The molecule has 0 saturated carbocycles. The van der Waals surface area contributed by atoms with Crippen LogP contribution in [0.5, 0.6) is 0 Å². The number of nitrogens with one attached hydrogen (secondary N) is 1. The van der Waals surface area contributed by atoms with Crippen LogP contribution in [0.3, 0.4) is 0 Å². The number of carbonyl (C=O) groups excluding carboxylic acids is 2. The van der Waals surface area contributed by atoms with Crippen molar-refractivity contribution in [3.05, 3.63) is 35.8 Å². The zero-order valence-electron chi connectivity index (χ0n) is 14.0. The van der Waals surface area contributed by atoms with E-state index >= 15 is 0 Å². The maximum absolute atomic E-state index is 14.3. The Morgan fingerprint density at radius 3 is 2.40 bits per heavy atom. The molecule has 2 aliphatic heterocycles. The number of anilines is 2. The molecule has 0 unspecified atom stereocenters. The van der Waals surface area contributed by atoms with E-state index in [4.69, 9.17) is 14.2 Å². The van der Waals surface area contributed by atoms with Gasteiger partial charge in [0.1, 0.15) is 5.82 Å². The molecule has 2 fully saturated rings. The Morgan fingerprint density at radius 2 is 1.80 bits per heavy atom. The molecule has 3 rings (SSSR count). The molecular formula is C17H19FN2O5. The summed E-state index contributed by atoms with van der Waals surface area (Å²) in [5.74, 6) is -3.28. The van der Waals surface area contributed by atoms with Crippen LogP contribution in [0, 0.1) is 5.82 Å². The number of esters is 2. The number of halogens is 1. The summed E-state index contributed by atoms with van der Waals surface area (Å²) in [6, 6.07) is 4.60. The van der Waals surface area contributed by atoms with Crippen LogP contribution in [0.4, 0.5) is 15.8 Å². The van der Waals surface area contributed by atoms with E-state index < -0.39 is 23.5 Å². The minimum Gasteiger partial charge on any atom is -0.419 e. The number of hydrogen-bond donors (Lipinski definition) is 1. The molecule has 0 bridgehead atoms. The molecule has 7 nitrogen and oxygen atoms in total. The lowest BCUT2D eigenvalue weighted by atomic mass is 10.2. The van der Waals surface area contributed by atoms with Gasteiger partial charge in [-0.1, -0.05) is 0 Å². The van der Waals surface area contributed by atoms with E-state index in [0.717, 1.165) is 6.20 Å². The van der Waals surface area contributed by atoms with E-state index in [1.807, 2.05) is 4.90 Å². The molecule has 25 heavy (non-hydrogen) atoms. The predicted octanol–water partition coefficient (Wildman–Crippen LogP) is 1.79. The summed E-state index contributed by atoms with van der Waals surface area (Å²) < 4.78 is 29.6. The molecule has 134 valence electrons. The number of nitrogens with zero attached hydrogens (tertiary/aromatic N) is 1. The second kappa shape index (κ2) is 6.72. The fourth-order valence-corrected chi connectivity index (χ4v) is 2.59. The van der Waals surface area contributed by atoms with Crippen molar-refractivity contribution in [3.8, 4) is 0 Å². The van der Waals surface area contributed by atoms with Gasteiger partial charge in [-0.25, -0.2) is 14.0 Å². The molecule has 1 aromatic carbocycles. The first-order valence-corrected chi connectivity index (χ1v) is 7.91. The summed E-state index contributed by atoms with van der Waals surface area (Å²) in [4.78, 5) is 25.6. The number of ether oxygens (including phenoxy) is 3. The van der Waals surface area contributed by atoms with E-state index in [2.05, 4.69) is 5.32 Å². The van der Waals surface area contributed by atoms with Crippen LogP contribution in [-0.2, 0) is 23.8 Å².